The van der Waals surface area contributed by atoms with Crippen LogP contribution in [0.25, 0.3) is 0 Å². The number of carbonyl (C=O) groups is 1. The molecule has 0 amide bonds. The van der Waals surface area contributed by atoms with Crippen LogP contribution in [-0.2, 0) is 13.9 Å². The van der Waals surface area contributed by atoms with Crippen LogP contribution >= 0.6 is 7.82 Å². The summed E-state index contributed by atoms with van der Waals surface area (Å²) in [7, 11) is -4.55. The van der Waals surface area contributed by atoms with Gasteiger partial charge in [0, 0.05) is 18.6 Å². The lowest BCUT2D eigenvalue weighted by Gasteiger charge is -2.05. The predicted molar refractivity (Wildman–Crippen MR) is 50.0 cm³/mol. The fourth-order valence-corrected chi connectivity index (χ4v) is 1.14. The van der Waals surface area contributed by atoms with Crippen molar-refractivity contribution in [2.75, 3.05) is 13.2 Å². The number of aliphatic carboxylic acids is 1. The fraction of sp³-hybridized carbons (Fsp3) is 0.571. The lowest BCUT2D eigenvalue weighted by Crippen LogP contribution is -2.04. The van der Waals surface area contributed by atoms with E-state index in [1.807, 2.05) is 0 Å². The summed E-state index contributed by atoms with van der Waals surface area (Å²) < 4.78 is 14.4. The van der Waals surface area contributed by atoms with Crippen molar-refractivity contribution in [3.63, 3.8) is 0 Å². The summed E-state index contributed by atoms with van der Waals surface area (Å²) in [5.41, 5.74) is -0.0440. The SMILES string of the molecule is O=C(O)/C(=C\CCO)CCOP(=O)(O)O. The molecule has 4 N–H and O–H groups in total. The van der Waals surface area contributed by atoms with E-state index in [1.165, 1.54) is 6.08 Å². The molecular formula is C7H13O7P. The first-order chi connectivity index (χ1) is 6.87. The first-order valence-electron chi connectivity index (χ1n) is 4.10. The molecule has 0 aromatic carbocycles. The van der Waals surface area contributed by atoms with Crippen LogP contribution in [0.4, 0.5) is 0 Å². The Hall–Kier alpha value is -0.720. The first-order valence-corrected chi connectivity index (χ1v) is 5.63. The van der Waals surface area contributed by atoms with E-state index >= 15 is 0 Å². The Morgan fingerprint density at radius 2 is 2.00 bits per heavy atom. The molecular weight excluding hydrogens is 227 g/mol. The van der Waals surface area contributed by atoms with Gasteiger partial charge in [0.25, 0.3) is 0 Å². The Balaban J connectivity index is 4.09. The molecule has 0 rings (SSSR count). The second-order valence-electron chi connectivity index (χ2n) is 2.62. The molecule has 0 saturated carbocycles. The lowest BCUT2D eigenvalue weighted by atomic mass is 10.1. The van der Waals surface area contributed by atoms with Gasteiger partial charge in [-0.3, -0.25) is 4.52 Å². The molecule has 8 heteroatoms. The second kappa shape index (κ2) is 6.71. The van der Waals surface area contributed by atoms with Gasteiger partial charge in [0.1, 0.15) is 0 Å². The molecule has 15 heavy (non-hydrogen) atoms. The molecule has 0 saturated heterocycles. The Morgan fingerprint density at radius 3 is 2.40 bits per heavy atom. The molecule has 0 fully saturated rings. The average molecular weight is 240 g/mol. The highest BCUT2D eigenvalue weighted by atomic mass is 31.2. The summed E-state index contributed by atoms with van der Waals surface area (Å²) in [5.74, 6) is -1.20. The largest absolute Gasteiger partial charge is 0.478 e. The second-order valence-corrected chi connectivity index (χ2v) is 3.86. The number of phosphoric acid groups is 1. The summed E-state index contributed by atoms with van der Waals surface area (Å²) >= 11 is 0. The quantitative estimate of drug-likeness (QED) is 0.361. The third kappa shape index (κ3) is 8.29. The first kappa shape index (κ1) is 14.3. The van der Waals surface area contributed by atoms with E-state index < -0.39 is 13.8 Å². The van der Waals surface area contributed by atoms with Gasteiger partial charge in [0.15, 0.2) is 0 Å². The molecule has 0 aromatic heterocycles. The van der Waals surface area contributed by atoms with Gasteiger partial charge in [-0.2, -0.15) is 0 Å². The third-order valence-electron chi connectivity index (χ3n) is 1.43. The Morgan fingerprint density at radius 1 is 1.40 bits per heavy atom. The van der Waals surface area contributed by atoms with Crippen LogP contribution in [-0.4, -0.2) is 39.2 Å². The average Bonchev–Trinajstić information content (AvgIpc) is 2.08. The number of hydrogen-bond acceptors (Lipinski definition) is 4. The number of carboxylic acid groups (broad SMARTS) is 1. The summed E-state index contributed by atoms with van der Waals surface area (Å²) in [6, 6.07) is 0. The van der Waals surface area contributed by atoms with E-state index in [1.54, 1.807) is 0 Å². The highest BCUT2D eigenvalue weighted by molar-refractivity contribution is 7.46. The standard InChI is InChI=1S/C7H13O7P/c8-4-1-2-6(7(9)10)3-5-14-15(11,12)13/h2,8H,1,3-5H2,(H,9,10)(H2,11,12,13)/b6-2-. The highest BCUT2D eigenvalue weighted by Crippen LogP contribution is 2.35. The minimum atomic E-state index is -4.55. The summed E-state index contributed by atoms with van der Waals surface area (Å²) in [4.78, 5) is 27.2. The van der Waals surface area contributed by atoms with E-state index in [2.05, 4.69) is 4.52 Å². The predicted octanol–water partition coefficient (Wildman–Crippen LogP) is -0.121. The van der Waals surface area contributed by atoms with Crippen molar-refractivity contribution in [2.24, 2.45) is 0 Å². The Labute approximate surface area is 86.2 Å². The molecule has 0 aromatic rings. The molecule has 0 aliphatic heterocycles. The fourth-order valence-electron chi connectivity index (χ4n) is 0.810. The molecule has 0 bridgehead atoms. The van der Waals surface area contributed by atoms with E-state index in [-0.39, 0.29) is 31.6 Å². The van der Waals surface area contributed by atoms with Crippen LogP contribution in [0.15, 0.2) is 11.6 Å². The number of phosphoric ester groups is 1. The number of aliphatic hydroxyl groups is 1. The Kier molecular flexibility index (Phi) is 6.38. The zero-order valence-corrected chi connectivity index (χ0v) is 8.76. The van der Waals surface area contributed by atoms with Gasteiger partial charge in [-0.25, -0.2) is 9.36 Å². The van der Waals surface area contributed by atoms with Crippen LogP contribution in [0.5, 0.6) is 0 Å². The highest BCUT2D eigenvalue weighted by Gasteiger charge is 2.15. The molecule has 0 spiro atoms. The Bertz CT molecular complexity index is 279. The van der Waals surface area contributed by atoms with Gasteiger partial charge in [-0.1, -0.05) is 6.08 Å². The van der Waals surface area contributed by atoms with Crippen LogP contribution in [0.3, 0.4) is 0 Å². The van der Waals surface area contributed by atoms with Crippen molar-refractivity contribution in [1.82, 2.24) is 0 Å². The number of carboxylic acids is 1. The van der Waals surface area contributed by atoms with Crippen LogP contribution < -0.4 is 0 Å². The third-order valence-corrected chi connectivity index (χ3v) is 1.94. The molecule has 0 unspecified atom stereocenters. The maximum atomic E-state index is 10.6. The van der Waals surface area contributed by atoms with Crippen LogP contribution in [0.1, 0.15) is 12.8 Å². The van der Waals surface area contributed by atoms with Gasteiger partial charge in [0.05, 0.1) is 6.61 Å². The monoisotopic (exact) mass is 240 g/mol. The minimum absolute atomic E-state index is 0.0440. The molecule has 0 aliphatic carbocycles. The van der Waals surface area contributed by atoms with Crippen molar-refractivity contribution in [3.8, 4) is 0 Å². The van der Waals surface area contributed by atoms with Crippen molar-refractivity contribution in [3.05, 3.63) is 11.6 Å². The maximum Gasteiger partial charge on any atom is 0.469 e. The summed E-state index contributed by atoms with van der Waals surface area (Å²) in [6.07, 6.45) is 1.34. The minimum Gasteiger partial charge on any atom is -0.478 e. The van der Waals surface area contributed by atoms with Crippen molar-refractivity contribution in [2.45, 2.75) is 12.8 Å². The summed E-state index contributed by atoms with van der Waals surface area (Å²) in [5, 5.41) is 17.1. The zero-order valence-electron chi connectivity index (χ0n) is 7.87. The van der Waals surface area contributed by atoms with E-state index in [9.17, 15) is 9.36 Å². The maximum absolute atomic E-state index is 10.6. The van der Waals surface area contributed by atoms with E-state index in [4.69, 9.17) is 20.0 Å². The van der Waals surface area contributed by atoms with Gasteiger partial charge in [-0.05, 0) is 6.42 Å². The molecule has 0 atom stereocenters. The van der Waals surface area contributed by atoms with E-state index in [0.717, 1.165) is 0 Å². The number of aliphatic hydroxyl groups excluding tert-OH is 1. The van der Waals surface area contributed by atoms with Crippen molar-refractivity contribution < 1.29 is 33.9 Å². The summed E-state index contributed by atoms with van der Waals surface area (Å²) in [6.45, 7) is -0.566. The topological polar surface area (TPSA) is 124 Å². The number of hydrogen-bond donors (Lipinski definition) is 4. The normalized spacial score (nSPS) is 12.9. The van der Waals surface area contributed by atoms with Crippen molar-refractivity contribution in [1.29, 1.82) is 0 Å². The number of rotatable bonds is 7. The van der Waals surface area contributed by atoms with Gasteiger partial charge in [0.2, 0.25) is 0 Å². The van der Waals surface area contributed by atoms with Crippen LogP contribution in [0.2, 0.25) is 0 Å². The van der Waals surface area contributed by atoms with Gasteiger partial charge < -0.3 is 20.0 Å². The van der Waals surface area contributed by atoms with Crippen molar-refractivity contribution >= 4 is 13.8 Å². The van der Waals surface area contributed by atoms with E-state index in [0.29, 0.717) is 0 Å². The molecule has 88 valence electrons. The molecule has 0 heterocycles. The van der Waals surface area contributed by atoms with Gasteiger partial charge in [-0.15, -0.1) is 0 Å². The van der Waals surface area contributed by atoms with Crippen LogP contribution in [0, 0.1) is 0 Å². The smallest absolute Gasteiger partial charge is 0.469 e. The molecule has 0 radical (unpaired) electrons. The zero-order chi connectivity index (χ0) is 11.9. The molecule has 7 nitrogen and oxygen atoms in total. The molecule has 0 aliphatic rings. The van der Waals surface area contributed by atoms with Gasteiger partial charge >= 0.3 is 13.8 Å². The lowest BCUT2D eigenvalue weighted by molar-refractivity contribution is -0.132.